The highest BCUT2D eigenvalue weighted by atomic mass is 35.5. The minimum Gasteiger partial charge on any atom is -0.493 e. The van der Waals surface area contributed by atoms with Gasteiger partial charge in [0.1, 0.15) is 11.3 Å². The number of ether oxygens (including phenoxy) is 2. The zero-order chi connectivity index (χ0) is 13.3. The molecule has 0 amide bonds. The monoisotopic (exact) mass is 269 g/mol. The second kappa shape index (κ2) is 4.71. The van der Waals surface area contributed by atoms with Crippen molar-refractivity contribution in [3.05, 3.63) is 11.1 Å². The normalized spacial score (nSPS) is 10.4. The Morgan fingerprint density at radius 3 is 2.56 bits per heavy atom. The summed E-state index contributed by atoms with van der Waals surface area (Å²) in [6, 6.07) is 1.59. The highest BCUT2D eigenvalue weighted by Gasteiger charge is 2.18. The summed E-state index contributed by atoms with van der Waals surface area (Å²) in [6.07, 6.45) is 0. The number of anilines is 2. The van der Waals surface area contributed by atoms with Gasteiger partial charge in [-0.15, -0.1) is 0 Å². The number of nitrogen functional groups attached to an aromatic ring is 2. The van der Waals surface area contributed by atoms with Crippen LogP contribution in [-0.4, -0.2) is 24.2 Å². The average molecular weight is 270 g/mol. The highest BCUT2D eigenvalue weighted by Crippen LogP contribution is 2.41. The number of fused-ring (bicyclic) bond motifs is 1. The lowest BCUT2D eigenvalue weighted by molar-refractivity contribution is 0.358. The van der Waals surface area contributed by atoms with Crippen LogP contribution < -0.4 is 26.5 Å². The first-order chi connectivity index (χ1) is 8.62. The van der Waals surface area contributed by atoms with Gasteiger partial charge in [-0.05, 0) is 0 Å². The van der Waals surface area contributed by atoms with Gasteiger partial charge in [0.05, 0.1) is 24.6 Å². The Morgan fingerprint density at radius 1 is 1.28 bits per heavy atom. The molecule has 1 aromatic carbocycles. The van der Waals surface area contributed by atoms with Crippen LogP contribution in [-0.2, 0) is 0 Å². The fraction of sp³-hybridized carbons (Fsp3) is 0.200. The van der Waals surface area contributed by atoms with E-state index in [4.69, 9.17) is 32.7 Å². The van der Waals surface area contributed by atoms with E-state index in [1.165, 1.54) is 14.2 Å². The SMILES string of the molecule is COc1cc(Cl)c2nc(NN)nc(N)c2c1OC. The van der Waals surface area contributed by atoms with Gasteiger partial charge in [0, 0.05) is 6.07 Å². The Hall–Kier alpha value is -1.99. The molecule has 8 heteroatoms. The van der Waals surface area contributed by atoms with Crippen molar-refractivity contribution in [2.24, 2.45) is 5.84 Å². The van der Waals surface area contributed by atoms with Crippen LogP contribution in [0.25, 0.3) is 10.9 Å². The molecular weight excluding hydrogens is 258 g/mol. The summed E-state index contributed by atoms with van der Waals surface area (Å²) in [7, 11) is 3.01. The minimum absolute atomic E-state index is 0.175. The molecule has 1 aromatic heterocycles. The molecule has 0 aliphatic carbocycles. The molecular formula is C10H12ClN5O2. The summed E-state index contributed by atoms with van der Waals surface area (Å²) >= 11 is 6.12. The summed E-state index contributed by atoms with van der Waals surface area (Å²) in [4.78, 5) is 8.12. The zero-order valence-corrected chi connectivity index (χ0v) is 10.6. The van der Waals surface area contributed by atoms with Gasteiger partial charge in [0.2, 0.25) is 5.95 Å². The first kappa shape index (κ1) is 12.5. The van der Waals surface area contributed by atoms with Crippen LogP contribution in [0.3, 0.4) is 0 Å². The van der Waals surface area contributed by atoms with Gasteiger partial charge < -0.3 is 15.2 Å². The summed E-state index contributed by atoms with van der Waals surface area (Å²) < 4.78 is 10.4. The van der Waals surface area contributed by atoms with Crippen molar-refractivity contribution in [2.45, 2.75) is 0 Å². The number of nitrogens with one attached hydrogen (secondary N) is 1. The number of hydrogen-bond donors (Lipinski definition) is 3. The zero-order valence-electron chi connectivity index (χ0n) is 9.82. The molecule has 0 fully saturated rings. The van der Waals surface area contributed by atoms with E-state index in [-0.39, 0.29) is 11.8 Å². The lowest BCUT2D eigenvalue weighted by atomic mass is 10.2. The molecule has 96 valence electrons. The number of hydrazine groups is 1. The molecule has 18 heavy (non-hydrogen) atoms. The summed E-state index contributed by atoms with van der Waals surface area (Å²) in [5.74, 6) is 6.52. The van der Waals surface area contributed by atoms with Gasteiger partial charge >= 0.3 is 0 Å². The van der Waals surface area contributed by atoms with Gasteiger partial charge in [0.15, 0.2) is 11.5 Å². The van der Waals surface area contributed by atoms with Crippen LogP contribution in [0.4, 0.5) is 11.8 Å². The van der Waals surface area contributed by atoms with E-state index >= 15 is 0 Å². The lowest BCUT2D eigenvalue weighted by Gasteiger charge is -2.13. The van der Waals surface area contributed by atoms with Crippen LogP contribution in [0.5, 0.6) is 11.5 Å². The molecule has 0 aliphatic rings. The second-order valence-electron chi connectivity index (χ2n) is 3.39. The molecule has 0 saturated carbocycles. The second-order valence-corrected chi connectivity index (χ2v) is 3.80. The maximum absolute atomic E-state index is 6.12. The Labute approximate surface area is 108 Å². The molecule has 0 atom stereocenters. The van der Waals surface area contributed by atoms with Crippen molar-refractivity contribution in [3.8, 4) is 11.5 Å². The van der Waals surface area contributed by atoms with E-state index in [0.717, 1.165) is 0 Å². The Bertz CT molecular complexity index is 605. The predicted octanol–water partition coefficient (Wildman–Crippen LogP) is 1.17. The fourth-order valence-electron chi connectivity index (χ4n) is 1.67. The molecule has 5 N–H and O–H groups in total. The minimum atomic E-state index is 0.175. The van der Waals surface area contributed by atoms with Gasteiger partial charge in [0.25, 0.3) is 0 Å². The standard InChI is InChI=1S/C10H12ClN5O2/c1-17-5-3-4(11)7-6(8(5)18-2)9(12)15-10(14-7)16-13/h3H,13H2,1-2H3,(H3,12,14,15,16). The fourth-order valence-corrected chi connectivity index (χ4v) is 1.90. The molecule has 0 aliphatic heterocycles. The molecule has 2 rings (SSSR count). The smallest absolute Gasteiger partial charge is 0.239 e. The quantitative estimate of drug-likeness (QED) is 0.567. The molecule has 1 heterocycles. The summed E-state index contributed by atoms with van der Waals surface area (Å²) in [6.45, 7) is 0. The number of nitrogens with zero attached hydrogens (tertiary/aromatic N) is 2. The maximum Gasteiger partial charge on any atom is 0.239 e. The average Bonchev–Trinajstić information content (AvgIpc) is 2.38. The van der Waals surface area contributed by atoms with Gasteiger partial charge in [-0.25, -0.2) is 10.8 Å². The van der Waals surface area contributed by atoms with E-state index in [9.17, 15) is 0 Å². The molecule has 7 nitrogen and oxygen atoms in total. The number of methoxy groups -OCH3 is 2. The number of halogens is 1. The molecule has 0 spiro atoms. The predicted molar refractivity (Wildman–Crippen MR) is 69.9 cm³/mol. The van der Waals surface area contributed by atoms with Crippen molar-refractivity contribution < 1.29 is 9.47 Å². The number of rotatable bonds is 3. The number of hydrogen-bond acceptors (Lipinski definition) is 7. The molecule has 0 radical (unpaired) electrons. The molecule has 0 saturated heterocycles. The topological polar surface area (TPSA) is 108 Å². The van der Waals surface area contributed by atoms with Gasteiger partial charge in [-0.2, -0.15) is 4.98 Å². The van der Waals surface area contributed by atoms with E-state index < -0.39 is 0 Å². The molecule has 0 bridgehead atoms. The van der Waals surface area contributed by atoms with Crippen molar-refractivity contribution >= 4 is 34.3 Å². The van der Waals surface area contributed by atoms with Crippen LogP contribution in [0.15, 0.2) is 6.07 Å². The number of aromatic nitrogens is 2. The molecule has 0 unspecified atom stereocenters. The number of benzene rings is 1. The third-order valence-electron chi connectivity index (χ3n) is 2.43. The largest absolute Gasteiger partial charge is 0.493 e. The van der Waals surface area contributed by atoms with E-state index in [0.29, 0.717) is 27.4 Å². The Kier molecular flexibility index (Phi) is 3.26. The first-order valence-electron chi connectivity index (χ1n) is 4.96. The van der Waals surface area contributed by atoms with Crippen molar-refractivity contribution in [1.82, 2.24) is 9.97 Å². The Balaban J connectivity index is 2.90. The third-order valence-corrected chi connectivity index (χ3v) is 2.71. The highest BCUT2D eigenvalue weighted by molar-refractivity contribution is 6.36. The van der Waals surface area contributed by atoms with E-state index in [1.807, 2.05) is 0 Å². The van der Waals surface area contributed by atoms with Crippen LogP contribution in [0.2, 0.25) is 5.02 Å². The third kappa shape index (κ3) is 1.83. The lowest BCUT2D eigenvalue weighted by Crippen LogP contribution is -2.12. The van der Waals surface area contributed by atoms with E-state index in [2.05, 4.69) is 15.4 Å². The summed E-state index contributed by atoms with van der Waals surface area (Å²) in [5, 5.41) is 0.856. The van der Waals surface area contributed by atoms with Gasteiger partial charge in [-0.1, -0.05) is 11.6 Å². The van der Waals surface area contributed by atoms with Crippen LogP contribution >= 0.6 is 11.6 Å². The first-order valence-corrected chi connectivity index (χ1v) is 5.34. The Morgan fingerprint density at radius 2 is 2.00 bits per heavy atom. The van der Waals surface area contributed by atoms with Gasteiger partial charge in [-0.3, -0.25) is 5.43 Å². The maximum atomic E-state index is 6.12. The number of nitrogens with two attached hydrogens (primary N) is 2. The van der Waals surface area contributed by atoms with E-state index in [1.54, 1.807) is 6.07 Å². The van der Waals surface area contributed by atoms with Crippen molar-refractivity contribution in [2.75, 3.05) is 25.4 Å². The van der Waals surface area contributed by atoms with Crippen molar-refractivity contribution in [3.63, 3.8) is 0 Å². The van der Waals surface area contributed by atoms with Crippen LogP contribution in [0.1, 0.15) is 0 Å². The molecule has 2 aromatic rings. The van der Waals surface area contributed by atoms with Crippen molar-refractivity contribution in [1.29, 1.82) is 0 Å². The van der Waals surface area contributed by atoms with Crippen LogP contribution in [0, 0.1) is 0 Å². The summed E-state index contributed by atoms with van der Waals surface area (Å²) in [5.41, 5.74) is 8.62.